The molecule has 1 rings (SSSR count). The van der Waals surface area contributed by atoms with Gasteiger partial charge in [0.1, 0.15) is 0 Å². The van der Waals surface area contributed by atoms with Crippen LogP contribution in [0.2, 0.25) is 0 Å². The van der Waals surface area contributed by atoms with Crippen molar-refractivity contribution in [3.63, 3.8) is 0 Å². The zero-order valence-corrected chi connectivity index (χ0v) is 9.00. The van der Waals surface area contributed by atoms with Crippen molar-refractivity contribution in [1.29, 1.82) is 0 Å². The van der Waals surface area contributed by atoms with E-state index in [4.69, 9.17) is 9.84 Å². The molecule has 2 N–H and O–H groups in total. The number of halogens is 3. The number of amides is 1. The van der Waals surface area contributed by atoms with Gasteiger partial charge in [0.25, 0.3) is 0 Å². The molecule has 1 aliphatic carbocycles. The van der Waals surface area contributed by atoms with Gasteiger partial charge in [-0.2, -0.15) is 13.2 Å². The molecule has 0 aromatic carbocycles. The Morgan fingerprint density at radius 2 is 2.00 bits per heavy atom. The van der Waals surface area contributed by atoms with Gasteiger partial charge in [-0.3, -0.25) is 9.59 Å². The molecule has 0 radical (unpaired) electrons. The van der Waals surface area contributed by atoms with E-state index < -0.39 is 29.6 Å². The Morgan fingerprint density at radius 3 is 2.35 bits per heavy atom. The van der Waals surface area contributed by atoms with Gasteiger partial charge in [0.05, 0.1) is 11.5 Å². The first-order valence-corrected chi connectivity index (χ1v) is 4.83. The molecule has 1 amide bonds. The van der Waals surface area contributed by atoms with Crippen LogP contribution in [0.1, 0.15) is 12.8 Å². The number of rotatable bonds is 4. The summed E-state index contributed by atoms with van der Waals surface area (Å²) in [7, 11) is 1.28. The number of carboxylic acids is 1. The minimum atomic E-state index is -4.94. The van der Waals surface area contributed by atoms with Gasteiger partial charge in [-0.15, -0.1) is 0 Å². The summed E-state index contributed by atoms with van der Waals surface area (Å²) < 4.78 is 40.7. The zero-order chi connectivity index (χ0) is 13.3. The number of aliphatic carboxylic acids is 1. The Morgan fingerprint density at radius 1 is 1.47 bits per heavy atom. The summed E-state index contributed by atoms with van der Waals surface area (Å²) in [5, 5.41) is 10.3. The molecule has 0 spiro atoms. The highest BCUT2D eigenvalue weighted by atomic mass is 19.4. The predicted octanol–water partition coefficient (Wildman–Crippen LogP) is 0.545. The third kappa shape index (κ3) is 3.09. The third-order valence-corrected chi connectivity index (χ3v) is 2.85. The van der Waals surface area contributed by atoms with Crippen molar-refractivity contribution in [1.82, 2.24) is 5.32 Å². The van der Waals surface area contributed by atoms with Crippen LogP contribution in [0.25, 0.3) is 0 Å². The van der Waals surface area contributed by atoms with E-state index in [1.807, 2.05) is 0 Å². The monoisotopic (exact) mass is 255 g/mol. The minimum absolute atomic E-state index is 0.0942. The number of hydrogen-bond acceptors (Lipinski definition) is 3. The SMILES string of the molecule is COC1(CNC(=O)C(F)(F)F)CC(C(=O)O)C1. The molecule has 5 nitrogen and oxygen atoms in total. The van der Waals surface area contributed by atoms with E-state index >= 15 is 0 Å². The lowest BCUT2D eigenvalue weighted by Crippen LogP contribution is -2.56. The fourth-order valence-electron chi connectivity index (χ4n) is 1.74. The summed E-state index contributed by atoms with van der Waals surface area (Å²) in [6.07, 6.45) is -4.75. The van der Waals surface area contributed by atoms with Gasteiger partial charge in [0.2, 0.25) is 0 Å². The molecule has 0 aliphatic heterocycles. The van der Waals surface area contributed by atoms with Crippen molar-refractivity contribution in [3.05, 3.63) is 0 Å². The number of hydrogen-bond donors (Lipinski definition) is 2. The molecule has 98 valence electrons. The van der Waals surface area contributed by atoms with Gasteiger partial charge >= 0.3 is 18.1 Å². The number of carboxylic acid groups (broad SMARTS) is 1. The Labute approximate surface area is 94.9 Å². The Bertz CT molecular complexity index is 323. The number of ether oxygens (including phenoxy) is 1. The predicted molar refractivity (Wildman–Crippen MR) is 49.2 cm³/mol. The van der Waals surface area contributed by atoms with Crippen LogP contribution in [-0.2, 0) is 14.3 Å². The molecule has 0 saturated heterocycles. The fourth-order valence-corrected chi connectivity index (χ4v) is 1.74. The van der Waals surface area contributed by atoms with Crippen LogP contribution in [0.15, 0.2) is 0 Å². The highest BCUT2D eigenvalue weighted by Crippen LogP contribution is 2.40. The molecule has 1 aliphatic rings. The number of methoxy groups -OCH3 is 1. The fraction of sp³-hybridized carbons (Fsp3) is 0.778. The summed E-state index contributed by atoms with van der Waals surface area (Å²) in [5.74, 6) is -3.69. The Balaban J connectivity index is 2.46. The zero-order valence-electron chi connectivity index (χ0n) is 9.00. The van der Waals surface area contributed by atoms with Crippen LogP contribution in [0, 0.1) is 5.92 Å². The van der Waals surface area contributed by atoms with Crippen molar-refractivity contribution in [3.8, 4) is 0 Å². The summed E-state index contributed by atoms with van der Waals surface area (Å²) in [4.78, 5) is 21.1. The molecule has 0 heterocycles. The third-order valence-electron chi connectivity index (χ3n) is 2.85. The second-order valence-electron chi connectivity index (χ2n) is 4.01. The summed E-state index contributed by atoms with van der Waals surface area (Å²) in [5.41, 5.74) is -0.996. The Kier molecular flexibility index (Phi) is 3.65. The van der Waals surface area contributed by atoms with Crippen molar-refractivity contribution in [2.75, 3.05) is 13.7 Å². The van der Waals surface area contributed by atoms with Crippen LogP contribution in [0.3, 0.4) is 0 Å². The van der Waals surface area contributed by atoms with Crippen molar-refractivity contribution in [2.24, 2.45) is 5.92 Å². The van der Waals surface area contributed by atoms with Crippen LogP contribution in [0.4, 0.5) is 13.2 Å². The molecule has 1 fully saturated rings. The second-order valence-corrected chi connectivity index (χ2v) is 4.01. The molecule has 0 unspecified atom stereocenters. The lowest BCUT2D eigenvalue weighted by atomic mass is 9.70. The average Bonchev–Trinajstić information content (AvgIpc) is 2.14. The van der Waals surface area contributed by atoms with Gasteiger partial charge in [-0.25, -0.2) is 0 Å². The topological polar surface area (TPSA) is 75.6 Å². The van der Waals surface area contributed by atoms with E-state index in [2.05, 4.69) is 0 Å². The van der Waals surface area contributed by atoms with E-state index in [1.54, 1.807) is 5.32 Å². The largest absolute Gasteiger partial charge is 0.481 e. The second kappa shape index (κ2) is 4.52. The van der Waals surface area contributed by atoms with Gasteiger partial charge in [-0.1, -0.05) is 0 Å². The van der Waals surface area contributed by atoms with E-state index in [-0.39, 0.29) is 19.4 Å². The molecule has 0 atom stereocenters. The highest BCUT2D eigenvalue weighted by Gasteiger charge is 2.49. The van der Waals surface area contributed by atoms with Crippen LogP contribution in [0.5, 0.6) is 0 Å². The van der Waals surface area contributed by atoms with E-state index in [1.165, 1.54) is 7.11 Å². The first-order chi connectivity index (χ1) is 7.70. The first-order valence-electron chi connectivity index (χ1n) is 4.83. The van der Waals surface area contributed by atoms with Crippen molar-refractivity contribution in [2.45, 2.75) is 24.6 Å². The number of alkyl halides is 3. The lowest BCUT2D eigenvalue weighted by molar-refractivity contribution is -0.178. The van der Waals surface area contributed by atoms with E-state index in [0.29, 0.717) is 0 Å². The molecule has 0 aromatic heterocycles. The quantitative estimate of drug-likeness (QED) is 0.769. The molecule has 0 aromatic rings. The smallest absolute Gasteiger partial charge is 0.471 e. The van der Waals surface area contributed by atoms with Gasteiger partial charge in [0.15, 0.2) is 0 Å². The minimum Gasteiger partial charge on any atom is -0.481 e. The molecule has 1 saturated carbocycles. The normalized spacial score (nSPS) is 28.4. The lowest BCUT2D eigenvalue weighted by Gasteiger charge is -2.44. The van der Waals surface area contributed by atoms with Crippen molar-refractivity contribution >= 4 is 11.9 Å². The first kappa shape index (κ1) is 13.8. The van der Waals surface area contributed by atoms with Gasteiger partial charge in [-0.05, 0) is 12.8 Å². The maximum absolute atomic E-state index is 11.9. The summed E-state index contributed by atoms with van der Waals surface area (Å²) >= 11 is 0. The Hall–Kier alpha value is -1.31. The van der Waals surface area contributed by atoms with Crippen LogP contribution >= 0.6 is 0 Å². The molecule has 0 bridgehead atoms. The number of carbonyl (C=O) groups is 2. The highest BCUT2D eigenvalue weighted by molar-refractivity contribution is 5.81. The number of carbonyl (C=O) groups excluding carboxylic acids is 1. The molecule has 17 heavy (non-hydrogen) atoms. The van der Waals surface area contributed by atoms with Crippen LogP contribution in [-0.4, -0.2) is 42.4 Å². The maximum atomic E-state index is 11.9. The van der Waals surface area contributed by atoms with Crippen LogP contribution < -0.4 is 5.32 Å². The molecular formula is C9H12F3NO4. The molecule has 8 heteroatoms. The van der Waals surface area contributed by atoms with Gasteiger partial charge < -0.3 is 15.2 Å². The summed E-state index contributed by atoms with van der Waals surface area (Å²) in [6.45, 7) is -0.342. The van der Waals surface area contributed by atoms with E-state index in [9.17, 15) is 22.8 Å². The van der Waals surface area contributed by atoms with Gasteiger partial charge in [0, 0.05) is 13.7 Å². The van der Waals surface area contributed by atoms with Crippen molar-refractivity contribution < 1.29 is 32.6 Å². The average molecular weight is 255 g/mol. The maximum Gasteiger partial charge on any atom is 0.471 e. The standard InChI is InChI=1S/C9H12F3NO4/c1-17-8(2-5(3-8)6(14)15)4-13-7(16)9(10,11)12/h5H,2-4H2,1H3,(H,13,16)(H,14,15). The van der Waals surface area contributed by atoms with E-state index in [0.717, 1.165) is 0 Å². The number of nitrogens with one attached hydrogen (secondary N) is 1. The molecular weight excluding hydrogens is 243 g/mol. The summed E-state index contributed by atoms with van der Waals surface area (Å²) in [6, 6.07) is 0.